The standard InChI is InChI=1S/C21H16S2/c1-2-8-16-14-23-21(22-13-15(16)7-1)19-11-5-3-9-17(19)18-10-4-6-12-20(18)21/h1-12H,13-14H2. The summed E-state index contributed by atoms with van der Waals surface area (Å²) >= 11 is 4.17. The fraction of sp³-hybridized carbons (Fsp3) is 0.143. The van der Waals surface area contributed by atoms with E-state index >= 15 is 0 Å². The summed E-state index contributed by atoms with van der Waals surface area (Å²) in [4.78, 5) is 0. The van der Waals surface area contributed by atoms with Crippen LogP contribution < -0.4 is 0 Å². The number of hydrogen-bond acceptors (Lipinski definition) is 2. The molecule has 1 aliphatic heterocycles. The Morgan fingerprint density at radius 1 is 0.565 bits per heavy atom. The summed E-state index contributed by atoms with van der Waals surface area (Å²) in [5.74, 6) is 2.15. The Labute approximate surface area is 145 Å². The highest BCUT2D eigenvalue weighted by molar-refractivity contribution is 8.17. The van der Waals surface area contributed by atoms with Gasteiger partial charge in [0.15, 0.2) is 0 Å². The maximum atomic E-state index is 2.32. The summed E-state index contributed by atoms with van der Waals surface area (Å²) in [6.07, 6.45) is 0. The van der Waals surface area contributed by atoms with E-state index in [1.165, 1.54) is 33.4 Å². The summed E-state index contributed by atoms with van der Waals surface area (Å²) in [6, 6.07) is 26.8. The van der Waals surface area contributed by atoms with Gasteiger partial charge in [0.2, 0.25) is 0 Å². The minimum atomic E-state index is 0.0339. The van der Waals surface area contributed by atoms with Gasteiger partial charge in [-0.05, 0) is 33.4 Å². The van der Waals surface area contributed by atoms with Crippen LogP contribution in [0.2, 0.25) is 0 Å². The number of benzene rings is 3. The maximum absolute atomic E-state index is 2.32. The lowest BCUT2D eigenvalue weighted by atomic mass is 10.1. The first kappa shape index (κ1) is 13.8. The topological polar surface area (TPSA) is 0 Å². The first-order valence-corrected chi connectivity index (χ1v) is 9.90. The zero-order valence-electron chi connectivity index (χ0n) is 12.7. The van der Waals surface area contributed by atoms with E-state index in [-0.39, 0.29) is 4.08 Å². The van der Waals surface area contributed by atoms with Crippen molar-refractivity contribution in [3.8, 4) is 11.1 Å². The highest BCUT2D eigenvalue weighted by atomic mass is 32.2. The minimum absolute atomic E-state index is 0.0339. The van der Waals surface area contributed by atoms with Crippen molar-refractivity contribution in [2.75, 3.05) is 0 Å². The highest BCUT2D eigenvalue weighted by Gasteiger charge is 2.45. The maximum Gasteiger partial charge on any atom is 0.113 e. The fourth-order valence-corrected chi connectivity index (χ4v) is 7.01. The van der Waals surface area contributed by atoms with Crippen molar-refractivity contribution >= 4 is 23.5 Å². The predicted octanol–water partition coefficient (Wildman–Crippen LogP) is 6.05. The van der Waals surface area contributed by atoms with E-state index in [1.54, 1.807) is 0 Å². The van der Waals surface area contributed by atoms with Crippen molar-refractivity contribution < 1.29 is 0 Å². The molecule has 0 fully saturated rings. The van der Waals surface area contributed by atoms with Crippen LogP contribution in [-0.2, 0) is 15.6 Å². The average molecular weight is 332 g/mol. The molecule has 0 radical (unpaired) electrons. The van der Waals surface area contributed by atoms with Gasteiger partial charge in [0.25, 0.3) is 0 Å². The smallest absolute Gasteiger partial charge is 0.113 e. The van der Waals surface area contributed by atoms with Crippen molar-refractivity contribution in [3.05, 3.63) is 95.1 Å². The van der Waals surface area contributed by atoms with E-state index in [0.29, 0.717) is 0 Å². The average Bonchev–Trinajstić information content (AvgIpc) is 2.76. The van der Waals surface area contributed by atoms with Crippen LogP contribution in [0.25, 0.3) is 11.1 Å². The van der Waals surface area contributed by atoms with E-state index in [2.05, 4.69) is 96.3 Å². The lowest BCUT2D eigenvalue weighted by Crippen LogP contribution is -2.15. The van der Waals surface area contributed by atoms with E-state index in [9.17, 15) is 0 Å². The van der Waals surface area contributed by atoms with Gasteiger partial charge in [0.1, 0.15) is 4.08 Å². The molecule has 3 aromatic rings. The monoisotopic (exact) mass is 332 g/mol. The van der Waals surface area contributed by atoms with Crippen molar-refractivity contribution in [3.63, 3.8) is 0 Å². The second-order valence-electron chi connectivity index (χ2n) is 6.05. The van der Waals surface area contributed by atoms with Gasteiger partial charge in [-0.25, -0.2) is 0 Å². The minimum Gasteiger partial charge on any atom is -0.130 e. The Kier molecular flexibility index (Phi) is 3.10. The number of fused-ring (bicyclic) bond motifs is 6. The molecule has 112 valence electrons. The number of rotatable bonds is 0. The third-order valence-corrected chi connectivity index (χ3v) is 8.14. The third-order valence-electron chi connectivity index (χ3n) is 4.83. The zero-order valence-corrected chi connectivity index (χ0v) is 14.3. The second kappa shape index (κ2) is 5.19. The van der Waals surface area contributed by atoms with Crippen LogP contribution in [-0.4, -0.2) is 0 Å². The first-order valence-electron chi connectivity index (χ1n) is 7.92. The molecule has 23 heavy (non-hydrogen) atoms. The van der Waals surface area contributed by atoms with E-state index in [1.807, 2.05) is 0 Å². The molecule has 0 amide bonds. The van der Waals surface area contributed by atoms with Gasteiger partial charge in [0.05, 0.1) is 0 Å². The van der Waals surface area contributed by atoms with Crippen molar-refractivity contribution in [1.29, 1.82) is 0 Å². The van der Waals surface area contributed by atoms with Crippen LogP contribution in [0.15, 0.2) is 72.8 Å². The zero-order chi connectivity index (χ0) is 15.3. The van der Waals surface area contributed by atoms with Gasteiger partial charge in [-0.1, -0.05) is 72.8 Å². The Bertz CT molecular complexity index is 823. The summed E-state index contributed by atoms with van der Waals surface area (Å²) in [7, 11) is 0. The van der Waals surface area contributed by atoms with E-state index < -0.39 is 0 Å². The molecule has 1 heterocycles. The number of hydrogen-bond donors (Lipinski definition) is 0. The predicted molar refractivity (Wildman–Crippen MR) is 102 cm³/mol. The van der Waals surface area contributed by atoms with E-state index in [0.717, 1.165) is 11.5 Å². The highest BCUT2D eigenvalue weighted by Crippen LogP contribution is 2.63. The summed E-state index contributed by atoms with van der Waals surface area (Å²) < 4.78 is 0.0339. The molecule has 2 heteroatoms. The van der Waals surface area contributed by atoms with Crippen LogP contribution in [0.3, 0.4) is 0 Å². The summed E-state index contributed by atoms with van der Waals surface area (Å²) in [5.41, 5.74) is 8.75. The van der Waals surface area contributed by atoms with Crippen LogP contribution >= 0.6 is 23.5 Å². The molecule has 0 unspecified atom stereocenters. The van der Waals surface area contributed by atoms with E-state index in [4.69, 9.17) is 0 Å². The third kappa shape index (κ3) is 1.95. The molecular weight excluding hydrogens is 316 g/mol. The summed E-state index contributed by atoms with van der Waals surface area (Å²) in [5, 5.41) is 0. The Balaban J connectivity index is 1.71. The normalized spacial score (nSPS) is 17.2. The molecule has 5 rings (SSSR count). The first-order chi connectivity index (χ1) is 11.4. The quantitative estimate of drug-likeness (QED) is 0.491. The van der Waals surface area contributed by atoms with Gasteiger partial charge in [-0.2, -0.15) is 0 Å². The molecule has 2 aliphatic rings. The van der Waals surface area contributed by atoms with Crippen molar-refractivity contribution in [1.82, 2.24) is 0 Å². The molecule has 0 saturated carbocycles. The Hall–Kier alpha value is -1.64. The van der Waals surface area contributed by atoms with Crippen molar-refractivity contribution in [2.45, 2.75) is 15.6 Å². The molecule has 0 atom stereocenters. The second-order valence-corrected chi connectivity index (χ2v) is 8.69. The van der Waals surface area contributed by atoms with Gasteiger partial charge in [-0.3, -0.25) is 0 Å². The summed E-state index contributed by atoms with van der Waals surface area (Å²) in [6.45, 7) is 0. The van der Waals surface area contributed by atoms with Crippen LogP contribution in [0.1, 0.15) is 22.3 Å². The molecular formula is C21H16S2. The van der Waals surface area contributed by atoms with Crippen LogP contribution in [0.4, 0.5) is 0 Å². The molecule has 0 saturated heterocycles. The molecule has 0 bridgehead atoms. The van der Waals surface area contributed by atoms with Crippen LogP contribution in [0, 0.1) is 0 Å². The van der Waals surface area contributed by atoms with Crippen LogP contribution in [0.5, 0.6) is 0 Å². The lowest BCUT2D eigenvalue weighted by molar-refractivity contribution is 1.12. The number of thioether (sulfide) groups is 2. The molecule has 0 aromatic heterocycles. The fourth-order valence-electron chi connectivity index (χ4n) is 3.71. The molecule has 1 spiro atoms. The lowest BCUT2D eigenvalue weighted by Gasteiger charge is -2.29. The van der Waals surface area contributed by atoms with Gasteiger partial charge in [-0.15, -0.1) is 23.5 Å². The largest absolute Gasteiger partial charge is 0.130 e. The Morgan fingerprint density at radius 2 is 1.00 bits per heavy atom. The molecule has 0 nitrogen and oxygen atoms in total. The van der Waals surface area contributed by atoms with Gasteiger partial charge < -0.3 is 0 Å². The van der Waals surface area contributed by atoms with Crippen molar-refractivity contribution in [2.24, 2.45) is 0 Å². The van der Waals surface area contributed by atoms with Gasteiger partial charge >= 0.3 is 0 Å². The molecule has 3 aromatic carbocycles. The van der Waals surface area contributed by atoms with Gasteiger partial charge in [0, 0.05) is 11.5 Å². The SMILES string of the molecule is c1ccc2c(c1)CSC1(SC2)c2ccccc2-c2ccccc21. The molecule has 1 aliphatic carbocycles. The molecule has 0 N–H and O–H groups in total. The Morgan fingerprint density at radius 3 is 1.52 bits per heavy atom.